The molecule has 0 aliphatic heterocycles. The molecule has 0 saturated carbocycles. The first-order valence-electron chi connectivity index (χ1n) is 6.43. The van der Waals surface area contributed by atoms with Gasteiger partial charge in [0, 0.05) is 12.1 Å². The summed E-state index contributed by atoms with van der Waals surface area (Å²) in [6, 6.07) is 4.14. The zero-order valence-corrected chi connectivity index (χ0v) is 11.8. The van der Waals surface area contributed by atoms with Crippen LogP contribution >= 0.6 is 0 Å². The number of rotatable bonds is 5. The van der Waals surface area contributed by atoms with Gasteiger partial charge in [-0.3, -0.25) is 4.79 Å². The smallest absolute Gasteiger partial charge is 0.228 e. The molecule has 0 fully saturated rings. The first kappa shape index (κ1) is 15.4. The molecule has 0 radical (unpaired) electrons. The lowest BCUT2D eigenvalue weighted by Crippen LogP contribution is -2.34. The topological polar surface area (TPSA) is 67.1 Å². The van der Waals surface area contributed by atoms with Gasteiger partial charge in [0.05, 0.1) is 17.3 Å². The van der Waals surface area contributed by atoms with Crippen molar-refractivity contribution in [3.8, 4) is 0 Å². The van der Waals surface area contributed by atoms with Crippen LogP contribution in [0.15, 0.2) is 18.2 Å². The van der Waals surface area contributed by atoms with Crippen molar-refractivity contribution in [2.75, 3.05) is 10.6 Å². The average molecular weight is 267 g/mol. The molecule has 2 unspecified atom stereocenters. The molecule has 106 valence electrons. The van der Waals surface area contributed by atoms with Crippen molar-refractivity contribution in [1.82, 2.24) is 0 Å². The second-order valence-electron chi connectivity index (χ2n) is 5.13. The molecule has 2 atom stereocenters. The Hall–Kier alpha value is -1.62. The third kappa shape index (κ3) is 4.52. The lowest BCUT2D eigenvalue weighted by Gasteiger charge is -2.19. The minimum absolute atomic E-state index is 0.142. The highest BCUT2D eigenvalue weighted by Gasteiger charge is 2.18. The molecule has 1 amide bonds. The van der Waals surface area contributed by atoms with Crippen molar-refractivity contribution in [2.24, 2.45) is 11.7 Å². The molecule has 0 aliphatic rings. The Morgan fingerprint density at radius 2 is 1.84 bits per heavy atom. The van der Waals surface area contributed by atoms with Crippen molar-refractivity contribution in [3.63, 3.8) is 0 Å². The van der Waals surface area contributed by atoms with Crippen LogP contribution in [0.3, 0.4) is 0 Å². The predicted molar refractivity (Wildman–Crippen MR) is 76.6 cm³/mol. The van der Waals surface area contributed by atoms with Gasteiger partial charge in [-0.1, -0.05) is 6.92 Å². The molecule has 1 aromatic carbocycles. The van der Waals surface area contributed by atoms with Gasteiger partial charge in [0.1, 0.15) is 5.82 Å². The summed E-state index contributed by atoms with van der Waals surface area (Å²) in [6.45, 7) is 7.43. The number of carbonyl (C=O) groups is 1. The maximum atomic E-state index is 13.2. The Labute approximate surface area is 113 Å². The van der Waals surface area contributed by atoms with E-state index in [0.29, 0.717) is 11.4 Å². The van der Waals surface area contributed by atoms with Crippen molar-refractivity contribution < 1.29 is 9.18 Å². The van der Waals surface area contributed by atoms with Gasteiger partial charge in [-0.2, -0.15) is 0 Å². The van der Waals surface area contributed by atoms with Crippen LogP contribution in [0.25, 0.3) is 0 Å². The van der Waals surface area contributed by atoms with Gasteiger partial charge in [0.15, 0.2) is 0 Å². The number of nitrogens with two attached hydrogens (primary N) is 1. The predicted octanol–water partition coefficient (Wildman–Crippen LogP) is 2.57. The highest BCUT2D eigenvalue weighted by Crippen LogP contribution is 2.24. The average Bonchev–Trinajstić information content (AvgIpc) is 2.30. The Balaban J connectivity index is 2.91. The van der Waals surface area contributed by atoms with E-state index in [1.807, 2.05) is 13.8 Å². The minimum Gasteiger partial charge on any atom is -0.381 e. The lowest BCUT2D eigenvalue weighted by atomic mass is 10.0. The number of benzene rings is 1. The normalized spacial score (nSPS) is 14.1. The molecule has 4 nitrogen and oxygen atoms in total. The molecule has 0 bridgehead atoms. The summed E-state index contributed by atoms with van der Waals surface area (Å²) >= 11 is 0. The quantitative estimate of drug-likeness (QED) is 0.768. The van der Waals surface area contributed by atoms with Crippen molar-refractivity contribution >= 4 is 17.3 Å². The van der Waals surface area contributed by atoms with Gasteiger partial charge < -0.3 is 16.4 Å². The van der Waals surface area contributed by atoms with E-state index < -0.39 is 0 Å². The number of hydrogen-bond donors (Lipinski definition) is 3. The van der Waals surface area contributed by atoms with Crippen LogP contribution < -0.4 is 16.4 Å². The third-order valence-electron chi connectivity index (χ3n) is 2.89. The fourth-order valence-electron chi connectivity index (χ4n) is 1.54. The van der Waals surface area contributed by atoms with Crippen LogP contribution in [-0.2, 0) is 4.79 Å². The molecular formula is C14H22FN3O. The monoisotopic (exact) mass is 267 g/mol. The van der Waals surface area contributed by atoms with E-state index in [1.165, 1.54) is 12.1 Å². The molecular weight excluding hydrogens is 245 g/mol. The molecule has 0 saturated heterocycles. The summed E-state index contributed by atoms with van der Waals surface area (Å²) in [4.78, 5) is 12.0. The number of amides is 1. The molecule has 5 heteroatoms. The van der Waals surface area contributed by atoms with E-state index in [2.05, 4.69) is 10.6 Å². The van der Waals surface area contributed by atoms with E-state index >= 15 is 0 Å². The maximum Gasteiger partial charge on any atom is 0.228 e. The van der Waals surface area contributed by atoms with E-state index in [9.17, 15) is 9.18 Å². The van der Waals surface area contributed by atoms with Gasteiger partial charge in [0.25, 0.3) is 0 Å². The minimum atomic E-state index is -0.346. The van der Waals surface area contributed by atoms with Gasteiger partial charge in [-0.25, -0.2) is 4.39 Å². The molecule has 4 N–H and O–H groups in total. The highest BCUT2D eigenvalue weighted by molar-refractivity contribution is 5.95. The summed E-state index contributed by atoms with van der Waals surface area (Å²) < 4.78 is 13.2. The Kier molecular flexibility index (Phi) is 5.30. The molecule has 19 heavy (non-hydrogen) atoms. The van der Waals surface area contributed by atoms with Crippen molar-refractivity contribution in [3.05, 3.63) is 24.0 Å². The van der Waals surface area contributed by atoms with E-state index in [-0.39, 0.29) is 29.7 Å². The molecule has 0 aromatic heterocycles. The second kappa shape index (κ2) is 6.52. The number of anilines is 2. The van der Waals surface area contributed by atoms with Gasteiger partial charge in [-0.15, -0.1) is 0 Å². The lowest BCUT2D eigenvalue weighted by molar-refractivity contribution is -0.119. The summed E-state index contributed by atoms with van der Waals surface area (Å²) in [5.74, 6) is -0.827. The van der Waals surface area contributed by atoms with Crippen LogP contribution in [0.4, 0.5) is 15.8 Å². The van der Waals surface area contributed by atoms with Crippen LogP contribution in [0.5, 0.6) is 0 Å². The van der Waals surface area contributed by atoms with Gasteiger partial charge >= 0.3 is 0 Å². The largest absolute Gasteiger partial charge is 0.381 e. The highest BCUT2D eigenvalue weighted by atomic mass is 19.1. The summed E-state index contributed by atoms with van der Waals surface area (Å²) in [6.07, 6.45) is 0. The molecule has 1 rings (SSSR count). The van der Waals surface area contributed by atoms with E-state index in [1.54, 1.807) is 19.9 Å². The Morgan fingerprint density at radius 1 is 1.21 bits per heavy atom. The number of halogens is 1. The zero-order chi connectivity index (χ0) is 14.6. The van der Waals surface area contributed by atoms with E-state index in [0.717, 1.165) is 0 Å². The summed E-state index contributed by atoms with van der Waals surface area (Å²) in [5.41, 5.74) is 6.83. The van der Waals surface area contributed by atoms with Crippen LogP contribution in [0.2, 0.25) is 0 Å². The summed E-state index contributed by atoms with van der Waals surface area (Å²) in [5, 5.41) is 5.88. The molecule has 1 aromatic rings. The van der Waals surface area contributed by atoms with Crippen LogP contribution in [0, 0.1) is 11.7 Å². The number of hydrogen-bond acceptors (Lipinski definition) is 3. The standard InChI is InChI=1S/C14H22FN3O/c1-8(2)17-13-7-11(15)5-6-12(13)18-14(19)9(3)10(4)16/h5-10,17H,16H2,1-4H3,(H,18,19). The van der Waals surface area contributed by atoms with Gasteiger partial charge in [0.2, 0.25) is 5.91 Å². The first-order valence-corrected chi connectivity index (χ1v) is 6.43. The van der Waals surface area contributed by atoms with Gasteiger partial charge in [-0.05, 0) is 39.0 Å². The van der Waals surface area contributed by atoms with E-state index in [4.69, 9.17) is 5.73 Å². The van der Waals surface area contributed by atoms with Crippen molar-refractivity contribution in [2.45, 2.75) is 39.8 Å². The maximum absolute atomic E-state index is 13.2. The molecule has 0 spiro atoms. The fourth-order valence-corrected chi connectivity index (χ4v) is 1.54. The SMILES string of the molecule is CC(C)Nc1cc(F)ccc1NC(=O)C(C)C(C)N. The zero-order valence-electron chi connectivity index (χ0n) is 11.8. The van der Waals surface area contributed by atoms with Crippen molar-refractivity contribution in [1.29, 1.82) is 0 Å². The first-order chi connectivity index (χ1) is 8.81. The fraction of sp³-hybridized carbons (Fsp3) is 0.500. The Bertz CT molecular complexity index is 446. The third-order valence-corrected chi connectivity index (χ3v) is 2.89. The molecule has 0 heterocycles. The number of nitrogens with one attached hydrogen (secondary N) is 2. The van der Waals surface area contributed by atoms with Crippen LogP contribution in [-0.4, -0.2) is 18.0 Å². The second-order valence-corrected chi connectivity index (χ2v) is 5.13. The summed E-state index contributed by atoms with van der Waals surface area (Å²) in [7, 11) is 0. The van der Waals surface area contributed by atoms with Crippen LogP contribution in [0.1, 0.15) is 27.7 Å². The number of carbonyl (C=O) groups excluding carboxylic acids is 1. The Morgan fingerprint density at radius 3 is 2.37 bits per heavy atom. The molecule has 0 aliphatic carbocycles.